The maximum absolute atomic E-state index is 12.8. The predicted molar refractivity (Wildman–Crippen MR) is 122 cm³/mol. The van der Waals surface area contributed by atoms with Crippen LogP contribution in [-0.2, 0) is 25.7 Å². The summed E-state index contributed by atoms with van der Waals surface area (Å²) in [6.45, 7) is 1.61. The van der Waals surface area contributed by atoms with E-state index in [-0.39, 0.29) is 11.4 Å². The molecule has 5 rings (SSSR count). The fraction of sp³-hybridized carbons (Fsp3) is 0.200. The molecule has 1 aliphatic heterocycles. The highest BCUT2D eigenvalue weighted by Crippen LogP contribution is 2.31. The second kappa shape index (κ2) is 8.77. The lowest BCUT2D eigenvalue weighted by Gasteiger charge is -2.26. The van der Waals surface area contributed by atoms with Gasteiger partial charge in [-0.25, -0.2) is 4.98 Å². The van der Waals surface area contributed by atoms with Crippen molar-refractivity contribution in [1.82, 2.24) is 14.9 Å². The number of nitrogens with one attached hydrogen (secondary N) is 1. The van der Waals surface area contributed by atoms with E-state index in [2.05, 4.69) is 14.9 Å². The van der Waals surface area contributed by atoms with Gasteiger partial charge in [0.15, 0.2) is 0 Å². The average molecular weight is 486 g/mol. The Labute approximate surface area is 197 Å². The molecule has 1 aliphatic rings. The zero-order valence-corrected chi connectivity index (χ0v) is 18.6. The molecule has 2 aromatic carbocycles. The number of furan rings is 1. The van der Waals surface area contributed by atoms with E-state index in [1.807, 2.05) is 24.3 Å². The highest BCUT2D eigenvalue weighted by Gasteiger charge is 2.30. The summed E-state index contributed by atoms with van der Waals surface area (Å²) in [6.07, 6.45) is -3.86. The van der Waals surface area contributed by atoms with E-state index in [9.17, 15) is 18.0 Å². The number of H-pyrrole nitrogens is 1. The number of fused-ring (bicyclic) bond motifs is 1. The first-order valence-corrected chi connectivity index (χ1v) is 11.0. The van der Waals surface area contributed by atoms with Gasteiger partial charge in [-0.3, -0.25) is 9.69 Å². The second-order valence-electron chi connectivity index (χ2n) is 8.15. The summed E-state index contributed by atoms with van der Waals surface area (Å²) >= 11 is 5.94. The molecule has 0 spiro atoms. The number of halogens is 4. The van der Waals surface area contributed by atoms with Crippen LogP contribution >= 0.6 is 11.6 Å². The minimum atomic E-state index is -4.41. The van der Waals surface area contributed by atoms with Crippen molar-refractivity contribution in [2.75, 3.05) is 6.54 Å². The van der Waals surface area contributed by atoms with Crippen molar-refractivity contribution >= 4 is 11.6 Å². The Hall–Kier alpha value is -3.36. The molecule has 174 valence electrons. The molecule has 9 heteroatoms. The van der Waals surface area contributed by atoms with Crippen LogP contribution in [0.15, 0.2) is 69.9 Å². The molecular formula is C25H19ClF3N3O2. The maximum Gasteiger partial charge on any atom is 0.416 e. The van der Waals surface area contributed by atoms with Crippen LogP contribution in [0.3, 0.4) is 0 Å². The average Bonchev–Trinajstić information content (AvgIpc) is 3.28. The molecule has 4 aromatic rings. The van der Waals surface area contributed by atoms with Crippen molar-refractivity contribution in [3.8, 4) is 22.7 Å². The Bertz CT molecular complexity index is 1380. The van der Waals surface area contributed by atoms with Crippen LogP contribution < -0.4 is 5.56 Å². The topological polar surface area (TPSA) is 62.1 Å². The van der Waals surface area contributed by atoms with Gasteiger partial charge in [0.1, 0.15) is 17.3 Å². The standard InChI is InChI=1S/C25H19ClF3N3O2/c26-18-7-3-15(4-8-18)22-10-9-19(34-22)13-32-12-11-21-20(14-32)24(33)31-23(30-21)16-1-5-17(6-2-16)25(27,28)29/h1-10H,11-14H2,(H,30,31,33). The summed E-state index contributed by atoms with van der Waals surface area (Å²) in [7, 11) is 0. The zero-order chi connectivity index (χ0) is 23.9. The Kier molecular flexibility index (Phi) is 5.79. The summed E-state index contributed by atoms with van der Waals surface area (Å²) in [5.74, 6) is 1.79. The Morgan fingerprint density at radius 1 is 1.00 bits per heavy atom. The van der Waals surface area contributed by atoms with Crippen LogP contribution in [0.4, 0.5) is 13.2 Å². The van der Waals surface area contributed by atoms with E-state index in [1.54, 1.807) is 12.1 Å². The number of rotatable bonds is 4. The van der Waals surface area contributed by atoms with Gasteiger partial charge in [-0.05, 0) is 48.5 Å². The normalized spacial score (nSPS) is 14.2. The van der Waals surface area contributed by atoms with Gasteiger partial charge in [-0.1, -0.05) is 23.7 Å². The third-order valence-corrected chi connectivity index (χ3v) is 6.06. The predicted octanol–water partition coefficient (Wildman–Crippen LogP) is 5.93. The molecule has 0 unspecified atom stereocenters. The highest BCUT2D eigenvalue weighted by molar-refractivity contribution is 6.30. The Morgan fingerprint density at radius 2 is 1.71 bits per heavy atom. The van der Waals surface area contributed by atoms with E-state index in [0.29, 0.717) is 47.9 Å². The smallest absolute Gasteiger partial charge is 0.416 e. The first-order chi connectivity index (χ1) is 16.3. The summed E-state index contributed by atoms with van der Waals surface area (Å²) < 4.78 is 44.4. The first kappa shape index (κ1) is 22.4. The molecule has 3 heterocycles. The van der Waals surface area contributed by atoms with Crippen LogP contribution in [0.25, 0.3) is 22.7 Å². The van der Waals surface area contributed by atoms with Crippen molar-refractivity contribution in [3.63, 3.8) is 0 Å². The third-order valence-electron chi connectivity index (χ3n) is 5.80. The highest BCUT2D eigenvalue weighted by atomic mass is 35.5. The molecule has 0 aliphatic carbocycles. The Balaban J connectivity index is 1.31. The lowest BCUT2D eigenvalue weighted by molar-refractivity contribution is -0.137. The maximum atomic E-state index is 12.8. The van der Waals surface area contributed by atoms with E-state index in [0.717, 1.165) is 29.2 Å². The van der Waals surface area contributed by atoms with Crippen LogP contribution in [0.5, 0.6) is 0 Å². The van der Waals surface area contributed by atoms with Gasteiger partial charge in [0, 0.05) is 35.7 Å². The van der Waals surface area contributed by atoms with Crippen molar-refractivity contribution in [2.24, 2.45) is 0 Å². The van der Waals surface area contributed by atoms with Crippen LogP contribution in [0, 0.1) is 0 Å². The monoisotopic (exact) mass is 485 g/mol. The van der Waals surface area contributed by atoms with E-state index in [4.69, 9.17) is 16.0 Å². The fourth-order valence-electron chi connectivity index (χ4n) is 4.02. The van der Waals surface area contributed by atoms with Crippen LogP contribution in [0.1, 0.15) is 22.6 Å². The molecule has 0 fully saturated rings. The number of nitrogens with zero attached hydrogens (tertiary/aromatic N) is 2. The Morgan fingerprint density at radius 3 is 2.41 bits per heavy atom. The number of hydrogen-bond donors (Lipinski definition) is 1. The second-order valence-corrected chi connectivity index (χ2v) is 8.58. The van der Waals surface area contributed by atoms with Gasteiger partial charge >= 0.3 is 6.18 Å². The van der Waals surface area contributed by atoms with Crippen molar-refractivity contribution in [2.45, 2.75) is 25.7 Å². The number of aromatic amines is 1. The first-order valence-electron chi connectivity index (χ1n) is 10.6. The van der Waals surface area contributed by atoms with Gasteiger partial charge in [0.05, 0.1) is 23.4 Å². The summed E-state index contributed by atoms with van der Waals surface area (Å²) in [4.78, 5) is 22.1. The SMILES string of the molecule is O=c1[nH]c(-c2ccc(C(F)(F)F)cc2)nc2c1CN(Cc1ccc(-c3ccc(Cl)cc3)o1)CC2. The van der Waals surface area contributed by atoms with Gasteiger partial charge < -0.3 is 9.40 Å². The van der Waals surface area contributed by atoms with Crippen molar-refractivity contribution in [3.05, 3.63) is 98.6 Å². The zero-order valence-electron chi connectivity index (χ0n) is 17.8. The van der Waals surface area contributed by atoms with Gasteiger partial charge in [0.25, 0.3) is 5.56 Å². The lowest BCUT2D eigenvalue weighted by Crippen LogP contribution is -2.35. The fourth-order valence-corrected chi connectivity index (χ4v) is 4.15. The lowest BCUT2D eigenvalue weighted by atomic mass is 10.1. The summed E-state index contributed by atoms with van der Waals surface area (Å²) in [5.41, 5.74) is 1.55. The number of hydrogen-bond acceptors (Lipinski definition) is 4. The van der Waals surface area contributed by atoms with E-state index in [1.165, 1.54) is 12.1 Å². The number of alkyl halides is 3. The molecule has 0 amide bonds. The summed E-state index contributed by atoms with van der Waals surface area (Å²) in [6, 6.07) is 15.8. The molecule has 1 N–H and O–H groups in total. The van der Waals surface area contributed by atoms with E-state index >= 15 is 0 Å². The number of benzene rings is 2. The van der Waals surface area contributed by atoms with Crippen LogP contribution in [0.2, 0.25) is 5.02 Å². The molecule has 0 saturated heterocycles. The molecule has 2 aromatic heterocycles. The van der Waals surface area contributed by atoms with Gasteiger partial charge in [-0.15, -0.1) is 0 Å². The van der Waals surface area contributed by atoms with Gasteiger partial charge in [-0.2, -0.15) is 13.2 Å². The quantitative estimate of drug-likeness (QED) is 0.389. The molecule has 0 bridgehead atoms. The molecule has 5 nitrogen and oxygen atoms in total. The largest absolute Gasteiger partial charge is 0.460 e. The molecule has 34 heavy (non-hydrogen) atoms. The minimum Gasteiger partial charge on any atom is -0.460 e. The van der Waals surface area contributed by atoms with Crippen molar-refractivity contribution in [1.29, 1.82) is 0 Å². The van der Waals surface area contributed by atoms with Crippen LogP contribution in [-0.4, -0.2) is 21.4 Å². The minimum absolute atomic E-state index is 0.268. The molecular weight excluding hydrogens is 467 g/mol. The molecule has 0 saturated carbocycles. The number of aromatic nitrogens is 2. The molecule has 0 radical (unpaired) electrons. The summed E-state index contributed by atoms with van der Waals surface area (Å²) in [5, 5.41) is 0.655. The van der Waals surface area contributed by atoms with Gasteiger partial charge in [0.2, 0.25) is 0 Å². The van der Waals surface area contributed by atoms with E-state index < -0.39 is 11.7 Å². The molecule has 0 atom stereocenters. The van der Waals surface area contributed by atoms with Crippen molar-refractivity contribution < 1.29 is 17.6 Å². The third kappa shape index (κ3) is 4.64.